The number of nitriles is 1. The topological polar surface area (TPSA) is 65.7 Å². The van der Waals surface area contributed by atoms with Gasteiger partial charge in [-0.15, -0.1) is 0 Å². The van der Waals surface area contributed by atoms with Gasteiger partial charge in [0.2, 0.25) is 0 Å². The molecule has 0 bridgehead atoms. The number of fused-ring (bicyclic) bond motifs is 1. The highest BCUT2D eigenvalue weighted by molar-refractivity contribution is 6.61. The van der Waals surface area contributed by atoms with E-state index in [0.29, 0.717) is 17.9 Å². The van der Waals surface area contributed by atoms with E-state index in [1.807, 2.05) is 30.3 Å². The predicted molar refractivity (Wildman–Crippen MR) is 99.2 cm³/mol. The molecule has 2 aromatic rings. The van der Waals surface area contributed by atoms with Crippen molar-refractivity contribution in [2.45, 2.75) is 32.4 Å². The Labute approximate surface area is 153 Å². The van der Waals surface area contributed by atoms with Crippen molar-refractivity contribution in [2.75, 3.05) is 13.1 Å². The molecular formula is C20H21BN2O3. The van der Waals surface area contributed by atoms with Crippen LogP contribution in [-0.2, 0) is 17.8 Å². The van der Waals surface area contributed by atoms with Crippen LogP contribution in [0.3, 0.4) is 0 Å². The van der Waals surface area contributed by atoms with Crippen molar-refractivity contribution in [1.82, 2.24) is 4.90 Å². The molecule has 4 rings (SSSR count). The summed E-state index contributed by atoms with van der Waals surface area (Å²) < 4.78 is 11.4. The minimum Gasteiger partial charge on any atom is -0.457 e. The van der Waals surface area contributed by atoms with Gasteiger partial charge in [0.15, 0.2) is 0 Å². The molecule has 0 atom stereocenters. The largest absolute Gasteiger partial charge is 0.491 e. The number of hydrogen-bond donors (Lipinski definition) is 1. The van der Waals surface area contributed by atoms with E-state index in [9.17, 15) is 10.3 Å². The maximum absolute atomic E-state index is 9.75. The van der Waals surface area contributed by atoms with Crippen LogP contribution in [0, 0.1) is 11.3 Å². The van der Waals surface area contributed by atoms with Crippen LogP contribution in [0.1, 0.15) is 36.0 Å². The predicted octanol–water partition coefficient (Wildman–Crippen LogP) is 2.55. The fraction of sp³-hybridized carbons (Fsp3) is 0.350. The number of nitrogens with zero attached hydrogens (tertiary/aromatic N) is 2. The van der Waals surface area contributed by atoms with Crippen LogP contribution >= 0.6 is 0 Å². The molecule has 0 radical (unpaired) electrons. The summed E-state index contributed by atoms with van der Waals surface area (Å²) >= 11 is 0. The molecule has 2 aliphatic rings. The minimum absolute atomic E-state index is 0.391. The number of benzene rings is 2. The van der Waals surface area contributed by atoms with Crippen LogP contribution in [0.2, 0.25) is 0 Å². The zero-order chi connectivity index (χ0) is 17.9. The molecular weight excluding hydrogens is 327 g/mol. The van der Waals surface area contributed by atoms with Gasteiger partial charge in [-0.2, -0.15) is 5.26 Å². The van der Waals surface area contributed by atoms with E-state index in [2.05, 4.69) is 11.0 Å². The Bertz CT molecular complexity index is 843. The summed E-state index contributed by atoms with van der Waals surface area (Å²) in [7, 11) is -0.844. The zero-order valence-electron chi connectivity index (χ0n) is 14.6. The van der Waals surface area contributed by atoms with Gasteiger partial charge in [0.1, 0.15) is 11.5 Å². The van der Waals surface area contributed by atoms with E-state index >= 15 is 0 Å². The van der Waals surface area contributed by atoms with Gasteiger partial charge in [-0.3, -0.25) is 4.90 Å². The van der Waals surface area contributed by atoms with E-state index in [4.69, 9.17) is 9.39 Å². The Morgan fingerprint density at radius 3 is 2.81 bits per heavy atom. The first kappa shape index (κ1) is 17.1. The summed E-state index contributed by atoms with van der Waals surface area (Å²) in [5.74, 6) is 1.49. The van der Waals surface area contributed by atoms with Crippen LogP contribution in [0.5, 0.6) is 11.5 Å². The molecule has 0 aromatic heterocycles. The van der Waals surface area contributed by atoms with Crippen molar-refractivity contribution in [3.8, 4) is 17.6 Å². The monoisotopic (exact) mass is 348 g/mol. The Hall–Kier alpha value is -2.33. The lowest BCUT2D eigenvalue weighted by atomic mass is 9.80. The number of ether oxygens (including phenoxy) is 1. The number of hydrogen-bond acceptors (Lipinski definition) is 5. The molecule has 1 fully saturated rings. The molecule has 26 heavy (non-hydrogen) atoms. The number of piperidine rings is 1. The van der Waals surface area contributed by atoms with Gasteiger partial charge in [0.25, 0.3) is 0 Å². The second-order valence-corrected chi connectivity index (χ2v) is 6.90. The molecule has 1 N–H and O–H groups in total. The molecule has 0 aliphatic carbocycles. The van der Waals surface area contributed by atoms with Crippen LogP contribution in [0.4, 0.5) is 0 Å². The van der Waals surface area contributed by atoms with Gasteiger partial charge in [-0.25, -0.2) is 0 Å². The highest BCUT2D eigenvalue weighted by Crippen LogP contribution is 2.29. The van der Waals surface area contributed by atoms with Gasteiger partial charge < -0.3 is 14.4 Å². The lowest BCUT2D eigenvalue weighted by Crippen LogP contribution is -2.29. The van der Waals surface area contributed by atoms with E-state index in [1.165, 1.54) is 19.3 Å². The normalized spacial score (nSPS) is 17.0. The van der Waals surface area contributed by atoms with Crippen LogP contribution in [-0.4, -0.2) is 30.1 Å². The Kier molecular flexibility index (Phi) is 4.94. The quantitative estimate of drug-likeness (QED) is 0.861. The Morgan fingerprint density at radius 1 is 1.15 bits per heavy atom. The maximum Gasteiger partial charge on any atom is 0.491 e. The van der Waals surface area contributed by atoms with E-state index in [-0.39, 0.29) is 0 Å². The molecule has 0 amide bonds. The third-order valence-electron chi connectivity index (χ3n) is 5.04. The first-order valence-corrected chi connectivity index (χ1v) is 9.08. The highest BCUT2D eigenvalue weighted by atomic mass is 16.5. The average molecular weight is 348 g/mol. The summed E-state index contributed by atoms with van der Waals surface area (Å²) in [4.78, 5) is 2.42. The molecule has 6 heteroatoms. The Balaban J connectivity index is 1.58. The van der Waals surface area contributed by atoms with E-state index in [1.54, 1.807) is 6.07 Å². The fourth-order valence-electron chi connectivity index (χ4n) is 3.63. The van der Waals surface area contributed by atoms with Crippen molar-refractivity contribution in [2.24, 2.45) is 0 Å². The minimum atomic E-state index is -0.844. The zero-order valence-corrected chi connectivity index (χ0v) is 14.6. The van der Waals surface area contributed by atoms with E-state index in [0.717, 1.165) is 42.0 Å². The van der Waals surface area contributed by atoms with Gasteiger partial charge in [0.05, 0.1) is 18.2 Å². The Morgan fingerprint density at radius 2 is 2.00 bits per heavy atom. The van der Waals surface area contributed by atoms with Gasteiger partial charge in [0, 0.05) is 12.1 Å². The first-order valence-electron chi connectivity index (χ1n) is 9.08. The molecule has 0 saturated carbocycles. The van der Waals surface area contributed by atoms with Crippen molar-refractivity contribution >= 4 is 12.6 Å². The number of likely N-dealkylation sites (tertiary alicyclic amines) is 1. The summed E-state index contributed by atoms with van der Waals surface area (Å²) in [5, 5.41) is 19.0. The molecule has 1 saturated heterocycles. The first-order chi connectivity index (χ1) is 12.7. The highest BCUT2D eigenvalue weighted by Gasteiger charge is 2.27. The van der Waals surface area contributed by atoms with Crippen molar-refractivity contribution in [3.63, 3.8) is 0 Å². The molecule has 0 spiro atoms. The second kappa shape index (κ2) is 7.51. The summed E-state index contributed by atoms with van der Waals surface area (Å²) in [6.45, 7) is 3.36. The summed E-state index contributed by atoms with van der Waals surface area (Å²) in [5.41, 5.74) is 3.42. The summed E-state index contributed by atoms with van der Waals surface area (Å²) in [6, 6.07) is 13.4. The number of rotatable bonds is 4. The molecule has 2 aromatic carbocycles. The molecule has 2 aliphatic heterocycles. The summed E-state index contributed by atoms with van der Waals surface area (Å²) in [6.07, 6.45) is 3.74. The molecule has 5 nitrogen and oxygen atoms in total. The van der Waals surface area contributed by atoms with Crippen molar-refractivity contribution in [3.05, 3.63) is 53.1 Å². The fourth-order valence-corrected chi connectivity index (χ4v) is 3.63. The van der Waals surface area contributed by atoms with E-state index < -0.39 is 7.12 Å². The maximum atomic E-state index is 9.75. The SMILES string of the molecule is N#Cc1ccc(Oc2ccc3c(c2)COB3O)c(CN2CCCCC2)c1. The van der Waals surface area contributed by atoms with Crippen molar-refractivity contribution in [1.29, 1.82) is 5.26 Å². The lowest BCUT2D eigenvalue weighted by molar-refractivity contribution is 0.219. The van der Waals surface area contributed by atoms with Gasteiger partial charge in [-0.05, 0) is 67.3 Å². The van der Waals surface area contributed by atoms with Crippen LogP contribution in [0.15, 0.2) is 36.4 Å². The lowest BCUT2D eigenvalue weighted by Gasteiger charge is -2.27. The smallest absolute Gasteiger partial charge is 0.457 e. The average Bonchev–Trinajstić information content (AvgIpc) is 3.04. The van der Waals surface area contributed by atoms with Crippen molar-refractivity contribution < 1.29 is 14.4 Å². The molecule has 132 valence electrons. The third-order valence-corrected chi connectivity index (χ3v) is 5.04. The van der Waals surface area contributed by atoms with Crippen LogP contribution in [0.25, 0.3) is 0 Å². The third kappa shape index (κ3) is 3.61. The van der Waals surface area contributed by atoms with Gasteiger partial charge in [-0.1, -0.05) is 12.5 Å². The van der Waals surface area contributed by atoms with Gasteiger partial charge >= 0.3 is 7.12 Å². The molecule has 0 unspecified atom stereocenters. The second-order valence-electron chi connectivity index (χ2n) is 6.90. The van der Waals surface area contributed by atoms with Crippen LogP contribution < -0.4 is 10.2 Å². The molecule has 2 heterocycles. The standard InChI is InChI=1S/C20H21BN2O3/c22-12-15-4-7-20(16(10-15)13-23-8-2-1-3-9-23)26-18-5-6-19-17(11-18)14-25-21(19)24/h4-7,10-11,24H,1-3,8-9,13-14H2.